The first kappa shape index (κ1) is 30.2. The fraction of sp³-hybridized carbons (Fsp3) is 0.676. The third kappa shape index (κ3) is 9.96. The number of rotatable bonds is 16. The van der Waals surface area contributed by atoms with E-state index in [4.69, 9.17) is 9.84 Å². The molecule has 0 heterocycles. The van der Waals surface area contributed by atoms with Crippen molar-refractivity contribution in [2.24, 2.45) is 17.8 Å². The number of hydrogen-bond donors (Lipinski definition) is 1. The quantitative estimate of drug-likeness (QED) is 0.218. The second kappa shape index (κ2) is 17.1. The molecule has 2 aliphatic rings. The van der Waals surface area contributed by atoms with Crippen LogP contribution in [0.15, 0.2) is 48.5 Å². The minimum atomic E-state index is 0.324. The lowest BCUT2D eigenvalue weighted by Gasteiger charge is -2.38. The Bertz CT molecular complexity index is 886. The minimum Gasteiger partial charge on any atom is -0.494 e. The van der Waals surface area contributed by atoms with Crippen molar-refractivity contribution in [3.63, 3.8) is 0 Å². The van der Waals surface area contributed by atoms with Crippen LogP contribution < -0.4 is 4.74 Å². The van der Waals surface area contributed by atoms with Gasteiger partial charge >= 0.3 is 0 Å². The van der Waals surface area contributed by atoms with Crippen LogP contribution in [-0.2, 0) is 0 Å². The molecule has 39 heavy (non-hydrogen) atoms. The molecule has 0 bridgehead atoms. The zero-order valence-electron chi connectivity index (χ0n) is 24.9. The van der Waals surface area contributed by atoms with Gasteiger partial charge in [-0.2, -0.15) is 0 Å². The van der Waals surface area contributed by atoms with E-state index < -0.39 is 0 Å². The van der Waals surface area contributed by atoms with Crippen LogP contribution in [0.5, 0.6) is 5.75 Å². The second-order valence-electron chi connectivity index (χ2n) is 12.7. The molecule has 4 rings (SSSR count). The smallest absolute Gasteiger partial charge is 0.119 e. The van der Waals surface area contributed by atoms with Gasteiger partial charge in [-0.3, -0.25) is 0 Å². The van der Waals surface area contributed by atoms with Crippen LogP contribution >= 0.6 is 0 Å². The van der Waals surface area contributed by atoms with Crippen LogP contribution in [-0.4, -0.2) is 18.3 Å². The summed E-state index contributed by atoms with van der Waals surface area (Å²) in [5, 5.41) is 8.84. The van der Waals surface area contributed by atoms with E-state index in [0.29, 0.717) is 6.61 Å². The van der Waals surface area contributed by atoms with E-state index in [0.717, 1.165) is 55.3 Å². The summed E-state index contributed by atoms with van der Waals surface area (Å²) >= 11 is 0. The zero-order chi connectivity index (χ0) is 27.1. The van der Waals surface area contributed by atoms with E-state index >= 15 is 0 Å². The lowest BCUT2D eigenvalue weighted by atomic mass is 9.68. The third-order valence-corrected chi connectivity index (χ3v) is 9.94. The number of hydrogen-bond acceptors (Lipinski definition) is 2. The van der Waals surface area contributed by atoms with Gasteiger partial charge in [-0.15, -0.1) is 0 Å². The molecule has 2 aliphatic carbocycles. The number of ether oxygens (including phenoxy) is 1. The van der Waals surface area contributed by atoms with Gasteiger partial charge < -0.3 is 9.84 Å². The van der Waals surface area contributed by atoms with Gasteiger partial charge in [0.25, 0.3) is 0 Å². The van der Waals surface area contributed by atoms with Crippen molar-refractivity contribution in [3.05, 3.63) is 54.1 Å². The summed E-state index contributed by atoms with van der Waals surface area (Å²) < 4.78 is 5.96. The summed E-state index contributed by atoms with van der Waals surface area (Å²) in [6, 6.07) is 18.1. The molecular weight excluding hydrogens is 476 g/mol. The highest BCUT2D eigenvalue weighted by atomic mass is 16.5. The third-order valence-electron chi connectivity index (χ3n) is 9.94. The Morgan fingerprint density at radius 3 is 1.79 bits per heavy atom. The van der Waals surface area contributed by atoms with Crippen LogP contribution in [0, 0.1) is 17.8 Å². The summed E-state index contributed by atoms with van der Waals surface area (Å²) in [7, 11) is 0. The molecule has 2 heteroatoms. The lowest BCUT2D eigenvalue weighted by molar-refractivity contribution is 0.155. The number of unbranched alkanes of at least 4 members (excludes halogenated alkanes) is 7. The maximum atomic E-state index is 8.84. The van der Waals surface area contributed by atoms with Gasteiger partial charge in [-0.25, -0.2) is 0 Å². The molecule has 2 nitrogen and oxygen atoms in total. The number of aliphatic hydroxyl groups excluding tert-OH is 1. The summed E-state index contributed by atoms with van der Waals surface area (Å²) in [5.41, 5.74) is 4.12. The van der Waals surface area contributed by atoms with Crippen molar-refractivity contribution >= 4 is 0 Å². The van der Waals surface area contributed by atoms with Gasteiger partial charge in [-0.05, 0) is 104 Å². The van der Waals surface area contributed by atoms with Crippen LogP contribution in [0.2, 0.25) is 0 Å². The van der Waals surface area contributed by atoms with E-state index in [1.165, 1.54) is 107 Å². The standard InChI is InChI=1S/C37H56O2/c1-2-3-8-11-30-12-14-31(15-13-30)32-16-18-33(19-17-32)34-20-22-35(23-21-34)36-24-26-37(27-25-36)39-29-10-7-5-4-6-9-28-38/h20-27,30-33,38H,2-19,28-29H2,1H3. The van der Waals surface area contributed by atoms with Gasteiger partial charge in [0.05, 0.1) is 6.61 Å². The minimum absolute atomic E-state index is 0.324. The Hall–Kier alpha value is -1.80. The second-order valence-corrected chi connectivity index (χ2v) is 12.7. The molecule has 0 aromatic heterocycles. The molecule has 0 radical (unpaired) electrons. The largest absolute Gasteiger partial charge is 0.494 e. The van der Waals surface area contributed by atoms with Crippen molar-refractivity contribution < 1.29 is 9.84 Å². The lowest BCUT2D eigenvalue weighted by Crippen LogP contribution is -2.25. The van der Waals surface area contributed by atoms with Gasteiger partial charge in [-0.1, -0.05) is 108 Å². The van der Waals surface area contributed by atoms with E-state index in [-0.39, 0.29) is 0 Å². The summed E-state index contributed by atoms with van der Waals surface area (Å²) in [5.74, 6) is 4.78. The monoisotopic (exact) mass is 532 g/mol. The molecular formula is C37H56O2. The average molecular weight is 533 g/mol. The summed E-state index contributed by atoms with van der Waals surface area (Å²) in [6.07, 6.45) is 24.3. The molecule has 1 N–H and O–H groups in total. The van der Waals surface area contributed by atoms with Crippen molar-refractivity contribution in [1.82, 2.24) is 0 Å². The normalized spacial score (nSPS) is 23.5. The molecule has 2 aromatic rings. The Kier molecular flexibility index (Phi) is 13.2. The number of aliphatic hydroxyl groups is 1. The molecule has 0 saturated heterocycles. The van der Waals surface area contributed by atoms with E-state index in [1.54, 1.807) is 5.56 Å². The maximum Gasteiger partial charge on any atom is 0.119 e. The van der Waals surface area contributed by atoms with Crippen LogP contribution in [0.3, 0.4) is 0 Å². The first-order chi connectivity index (χ1) is 19.3. The molecule has 0 spiro atoms. The SMILES string of the molecule is CCCCCC1CCC(C2CCC(c3ccc(-c4ccc(OCCCCCCCCO)cc4)cc3)CC2)CC1. The molecule has 0 unspecified atom stereocenters. The fourth-order valence-electron chi connectivity index (χ4n) is 7.36. The first-order valence-electron chi connectivity index (χ1n) is 16.7. The Labute approximate surface area is 240 Å². The Morgan fingerprint density at radius 1 is 0.615 bits per heavy atom. The van der Waals surface area contributed by atoms with Crippen molar-refractivity contribution in [2.45, 2.75) is 128 Å². The Balaban J connectivity index is 1.15. The molecule has 216 valence electrons. The highest BCUT2D eigenvalue weighted by Gasteiger charge is 2.31. The van der Waals surface area contributed by atoms with Gasteiger partial charge in [0, 0.05) is 6.61 Å². The van der Waals surface area contributed by atoms with Crippen molar-refractivity contribution in [2.75, 3.05) is 13.2 Å². The average Bonchev–Trinajstić information content (AvgIpc) is 3.00. The van der Waals surface area contributed by atoms with Gasteiger partial charge in [0.15, 0.2) is 0 Å². The zero-order valence-corrected chi connectivity index (χ0v) is 24.9. The molecule has 2 fully saturated rings. The fourth-order valence-corrected chi connectivity index (χ4v) is 7.36. The van der Waals surface area contributed by atoms with Crippen LogP contribution in [0.1, 0.15) is 134 Å². The topological polar surface area (TPSA) is 29.5 Å². The summed E-state index contributed by atoms with van der Waals surface area (Å²) in [4.78, 5) is 0. The molecule has 2 aromatic carbocycles. The number of benzene rings is 2. The van der Waals surface area contributed by atoms with Gasteiger partial charge in [0.2, 0.25) is 0 Å². The molecule has 0 aliphatic heterocycles. The Morgan fingerprint density at radius 2 is 1.18 bits per heavy atom. The molecule has 0 atom stereocenters. The maximum absolute atomic E-state index is 8.84. The molecule has 0 amide bonds. The van der Waals surface area contributed by atoms with E-state index in [1.807, 2.05) is 0 Å². The van der Waals surface area contributed by atoms with Gasteiger partial charge in [0.1, 0.15) is 5.75 Å². The summed E-state index contributed by atoms with van der Waals surface area (Å²) in [6.45, 7) is 3.44. The highest BCUT2D eigenvalue weighted by Crippen LogP contribution is 2.44. The highest BCUT2D eigenvalue weighted by molar-refractivity contribution is 5.64. The molecule has 2 saturated carbocycles. The van der Waals surface area contributed by atoms with Crippen LogP contribution in [0.25, 0.3) is 11.1 Å². The van der Waals surface area contributed by atoms with E-state index in [9.17, 15) is 0 Å². The first-order valence-corrected chi connectivity index (χ1v) is 16.7. The predicted octanol–water partition coefficient (Wildman–Crippen LogP) is 10.7. The van der Waals surface area contributed by atoms with Crippen LogP contribution in [0.4, 0.5) is 0 Å². The van der Waals surface area contributed by atoms with Crippen molar-refractivity contribution in [3.8, 4) is 16.9 Å². The predicted molar refractivity (Wildman–Crippen MR) is 166 cm³/mol. The van der Waals surface area contributed by atoms with Crippen molar-refractivity contribution in [1.29, 1.82) is 0 Å². The van der Waals surface area contributed by atoms with E-state index in [2.05, 4.69) is 55.5 Å².